The van der Waals surface area contributed by atoms with Crippen LogP contribution in [0.2, 0.25) is 0 Å². The van der Waals surface area contributed by atoms with E-state index in [0.29, 0.717) is 12.2 Å². The van der Waals surface area contributed by atoms with Crippen molar-refractivity contribution >= 4 is 11.6 Å². The largest absolute Gasteiger partial charge is 0.497 e. The first-order valence-electron chi connectivity index (χ1n) is 8.19. The lowest BCUT2D eigenvalue weighted by atomic mass is 9.97. The maximum Gasteiger partial charge on any atom is 0.240 e. The molecule has 0 aliphatic carbocycles. The van der Waals surface area contributed by atoms with Gasteiger partial charge in [0, 0.05) is 25.0 Å². The number of amides is 1. The van der Waals surface area contributed by atoms with Gasteiger partial charge in [-0.3, -0.25) is 4.79 Å². The highest BCUT2D eigenvalue weighted by molar-refractivity contribution is 6.05. The van der Waals surface area contributed by atoms with Gasteiger partial charge in [0.25, 0.3) is 0 Å². The lowest BCUT2D eigenvalue weighted by molar-refractivity contribution is -0.130. The van der Waals surface area contributed by atoms with Gasteiger partial charge < -0.3 is 9.47 Å². The Bertz CT molecular complexity index is 812. The Morgan fingerprint density at radius 2 is 1.84 bits per heavy atom. The molecule has 0 radical (unpaired) electrons. The Morgan fingerprint density at radius 3 is 2.44 bits per heavy atom. The van der Waals surface area contributed by atoms with Gasteiger partial charge in [0.1, 0.15) is 11.5 Å². The highest BCUT2D eigenvalue weighted by Crippen LogP contribution is 2.36. The summed E-state index contributed by atoms with van der Waals surface area (Å²) in [6, 6.07) is 13.7. The quantitative estimate of drug-likeness (QED) is 0.854. The van der Waals surface area contributed by atoms with Crippen LogP contribution in [0.15, 0.2) is 47.6 Å². The van der Waals surface area contributed by atoms with Crippen molar-refractivity contribution in [2.75, 3.05) is 14.2 Å². The topological polar surface area (TPSA) is 51.1 Å². The number of methoxy groups -OCH3 is 2. The molecule has 0 unspecified atom stereocenters. The van der Waals surface area contributed by atoms with E-state index in [2.05, 4.69) is 29.4 Å². The standard InChI is InChI=1S/C20H22N2O3/c1-13-5-7-15(8-6-13)19-12-18(21-22(19)14(2)23)17-10-9-16(24-3)11-20(17)25-4/h5-11,19H,12H2,1-4H3/t19-/m1/s1. The first-order valence-corrected chi connectivity index (χ1v) is 8.19. The maximum absolute atomic E-state index is 12.1. The van der Waals surface area contributed by atoms with Crippen LogP contribution >= 0.6 is 0 Å². The van der Waals surface area contributed by atoms with Crippen molar-refractivity contribution in [2.45, 2.75) is 26.3 Å². The monoisotopic (exact) mass is 338 g/mol. The Morgan fingerprint density at radius 1 is 1.12 bits per heavy atom. The molecule has 0 saturated carbocycles. The molecule has 0 bridgehead atoms. The Kier molecular flexibility index (Phi) is 4.74. The second-order valence-corrected chi connectivity index (χ2v) is 6.11. The van der Waals surface area contributed by atoms with Crippen molar-refractivity contribution in [3.63, 3.8) is 0 Å². The smallest absolute Gasteiger partial charge is 0.240 e. The van der Waals surface area contributed by atoms with Crippen LogP contribution in [-0.2, 0) is 4.79 Å². The van der Waals surface area contributed by atoms with Gasteiger partial charge in [-0.05, 0) is 24.6 Å². The van der Waals surface area contributed by atoms with E-state index in [1.807, 2.05) is 25.1 Å². The molecule has 1 aliphatic rings. The number of rotatable bonds is 4. The fourth-order valence-corrected chi connectivity index (χ4v) is 3.05. The van der Waals surface area contributed by atoms with Crippen LogP contribution in [0, 0.1) is 6.92 Å². The molecule has 0 N–H and O–H groups in total. The summed E-state index contributed by atoms with van der Waals surface area (Å²) in [6.45, 7) is 3.59. The highest BCUT2D eigenvalue weighted by Gasteiger charge is 2.32. The maximum atomic E-state index is 12.1. The minimum absolute atomic E-state index is 0.0759. The zero-order valence-electron chi connectivity index (χ0n) is 14.9. The highest BCUT2D eigenvalue weighted by atomic mass is 16.5. The number of benzene rings is 2. The predicted octanol–water partition coefficient (Wildman–Crippen LogP) is 3.71. The second kappa shape index (κ2) is 6.97. The fraction of sp³-hybridized carbons (Fsp3) is 0.300. The van der Waals surface area contributed by atoms with Crippen LogP contribution in [0.4, 0.5) is 0 Å². The molecule has 5 nitrogen and oxygen atoms in total. The molecule has 2 aromatic carbocycles. The lowest BCUT2D eigenvalue weighted by Gasteiger charge is -2.20. The molecule has 0 spiro atoms. The molecule has 1 heterocycles. The third-order valence-electron chi connectivity index (χ3n) is 4.41. The number of hydrogen-bond donors (Lipinski definition) is 0. The van der Waals surface area contributed by atoms with Crippen LogP contribution in [0.3, 0.4) is 0 Å². The summed E-state index contributed by atoms with van der Waals surface area (Å²) in [5.41, 5.74) is 3.98. The summed E-state index contributed by atoms with van der Waals surface area (Å²) in [5.74, 6) is 1.33. The van der Waals surface area contributed by atoms with Gasteiger partial charge in [-0.25, -0.2) is 5.01 Å². The molecular weight excluding hydrogens is 316 g/mol. The van der Waals surface area contributed by atoms with E-state index in [-0.39, 0.29) is 11.9 Å². The molecule has 5 heteroatoms. The minimum atomic E-state index is -0.0973. The summed E-state index contributed by atoms with van der Waals surface area (Å²) < 4.78 is 10.7. The summed E-state index contributed by atoms with van der Waals surface area (Å²) in [4.78, 5) is 12.1. The number of ether oxygens (including phenoxy) is 2. The van der Waals surface area contributed by atoms with Crippen molar-refractivity contribution < 1.29 is 14.3 Å². The first kappa shape index (κ1) is 17.0. The third-order valence-corrected chi connectivity index (χ3v) is 4.41. The normalized spacial score (nSPS) is 16.6. The van der Waals surface area contributed by atoms with Crippen molar-refractivity contribution in [2.24, 2.45) is 5.10 Å². The van der Waals surface area contributed by atoms with Crippen LogP contribution < -0.4 is 9.47 Å². The number of aryl methyl sites for hydroxylation is 1. The summed E-state index contributed by atoms with van der Waals surface area (Å²) in [5, 5.41) is 6.14. The van der Waals surface area contributed by atoms with Gasteiger partial charge in [0.2, 0.25) is 5.91 Å². The Labute approximate surface area is 147 Å². The molecule has 0 aromatic heterocycles. The van der Waals surface area contributed by atoms with E-state index in [0.717, 1.165) is 22.6 Å². The van der Waals surface area contributed by atoms with E-state index in [1.165, 1.54) is 5.56 Å². The van der Waals surface area contributed by atoms with Gasteiger partial charge in [-0.1, -0.05) is 29.8 Å². The summed E-state index contributed by atoms with van der Waals surface area (Å²) in [6.07, 6.45) is 0.644. The van der Waals surface area contributed by atoms with Gasteiger partial charge in [-0.2, -0.15) is 5.10 Å². The molecule has 25 heavy (non-hydrogen) atoms. The second-order valence-electron chi connectivity index (χ2n) is 6.11. The predicted molar refractivity (Wildman–Crippen MR) is 97.1 cm³/mol. The van der Waals surface area contributed by atoms with E-state index < -0.39 is 0 Å². The van der Waals surface area contributed by atoms with E-state index >= 15 is 0 Å². The molecule has 2 aromatic rings. The van der Waals surface area contributed by atoms with Gasteiger partial charge in [0.05, 0.1) is 26.0 Å². The SMILES string of the molecule is COc1ccc(C2=NN(C(C)=O)[C@@H](c3ccc(C)cc3)C2)c(OC)c1. The Balaban J connectivity index is 1.97. The van der Waals surface area contributed by atoms with Gasteiger partial charge in [0.15, 0.2) is 0 Å². The van der Waals surface area contributed by atoms with Crippen molar-refractivity contribution in [1.29, 1.82) is 0 Å². The fourth-order valence-electron chi connectivity index (χ4n) is 3.05. The third kappa shape index (κ3) is 3.36. The molecule has 1 atom stereocenters. The van der Waals surface area contributed by atoms with E-state index in [1.54, 1.807) is 26.2 Å². The molecule has 130 valence electrons. The number of carbonyl (C=O) groups is 1. The zero-order chi connectivity index (χ0) is 18.0. The zero-order valence-corrected chi connectivity index (χ0v) is 14.9. The number of hydrogen-bond acceptors (Lipinski definition) is 4. The van der Waals surface area contributed by atoms with Crippen LogP contribution in [0.25, 0.3) is 0 Å². The molecule has 3 rings (SSSR count). The van der Waals surface area contributed by atoms with Crippen LogP contribution in [-0.4, -0.2) is 30.8 Å². The van der Waals surface area contributed by atoms with Gasteiger partial charge in [-0.15, -0.1) is 0 Å². The Hall–Kier alpha value is -2.82. The minimum Gasteiger partial charge on any atom is -0.497 e. The van der Waals surface area contributed by atoms with Gasteiger partial charge >= 0.3 is 0 Å². The summed E-state index contributed by atoms with van der Waals surface area (Å²) >= 11 is 0. The molecular formula is C20H22N2O3. The van der Waals surface area contributed by atoms with Crippen molar-refractivity contribution in [3.8, 4) is 11.5 Å². The number of nitrogens with zero attached hydrogens (tertiary/aromatic N) is 2. The number of carbonyl (C=O) groups excluding carboxylic acids is 1. The average Bonchev–Trinajstić information content (AvgIpc) is 3.07. The molecule has 1 amide bonds. The molecule has 1 aliphatic heterocycles. The van der Waals surface area contributed by atoms with E-state index in [9.17, 15) is 4.79 Å². The molecule has 0 saturated heterocycles. The van der Waals surface area contributed by atoms with E-state index in [4.69, 9.17) is 9.47 Å². The number of hydrazone groups is 1. The van der Waals surface area contributed by atoms with Crippen LogP contribution in [0.1, 0.15) is 36.1 Å². The summed E-state index contributed by atoms with van der Waals surface area (Å²) in [7, 11) is 3.24. The first-order chi connectivity index (χ1) is 12.0. The van der Waals surface area contributed by atoms with Crippen molar-refractivity contribution in [3.05, 3.63) is 59.2 Å². The van der Waals surface area contributed by atoms with Crippen molar-refractivity contribution in [1.82, 2.24) is 5.01 Å². The van der Waals surface area contributed by atoms with Crippen LogP contribution in [0.5, 0.6) is 11.5 Å². The average molecular weight is 338 g/mol. The molecule has 0 fully saturated rings. The lowest BCUT2D eigenvalue weighted by Crippen LogP contribution is -2.24.